The second kappa shape index (κ2) is 5.10. The van der Waals surface area contributed by atoms with Crippen LogP contribution >= 0.6 is 0 Å². The molecule has 1 fully saturated rings. The van der Waals surface area contributed by atoms with Gasteiger partial charge in [0.15, 0.2) is 0 Å². The van der Waals surface area contributed by atoms with Crippen LogP contribution in [0.4, 0.5) is 0 Å². The molecule has 1 aliphatic heterocycles. The highest BCUT2D eigenvalue weighted by Crippen LogP contribution is 2.03. The van der Waals surface area contributed by atoms with Crippen LogP contribution in [0.25, 0.3) is 0 Å². The Labute approximate surface area is 52.5 Å². The Morgan fingerprint density at radius 3 is 2.12 bits per heavy atom. The van der Waals surface area contributed by atoms with Gasteiger partial charge < -0.3 is 5.32 Å². The van der Waals surface area contributed by atoms with Gasteiger partial charge in [-0.05, 0) is 25.4 Å². The molecule has 50 valence electrons. The Hall–Kier alpha value is -0.0400. The summed E-state index contributed by atoms with van der Waals surface area (Å²) in [6.07, 6.45) is 1.38. The van der Waals surface area contributed by atoms with Crippen LogP contribution in [0.15, 0.2) is 0 Å². The molecule has 0 spiro atoms. The number of rotatable bonds is 0. The van der Waals surface area contributed by atoms with E-state index in [2.05, 4.69) is 12.2 Å². The number of nitrogens with one attached hydrogen (secondary N) is 1. The van der Waals surface area contributed by atoms with E-state index in [-0.39, 0.29) is 0 Å². The van der Waals surface area contributed by atoms with Crippen molar-refractivity contribution in [3.63, 3.8) is 0 Å². The number of hydrogen-bond acceptors (Lipinski definition) is 1. The first-order valence-corrected chi connectivity index (χ1v) is 3.60. The molecule has 1 heterocycles. The minimum atomic E-state index is 0.935. The Bertz CT molecular complexity index is 37.7. The second-order valence-electron chi connectivity index (χ2n) is 2.10. The first kappa shape index (κ1) is 7.96. The highest BCUT2D eigenvalue weighted by Gasteiger charge is 2.06. The molecule has 1 N–H and O–H groups in total. The van der Waals surface area contributed by atoms with Gasteiger partial charge in [0.2, 0.25) is 0 Å². The molecule has 0 aliphatic carbocycles. The van der Waals surface area contributed by atoms with Gasteiger partial charge in [-0.1, -0.05) is 20.8 Å². The molecule has 1 rings (SSSR count). The number of hydrogen-bond donors (Lipinski definition) is 1. The van der Waals surface area contributed by atoms with Crippen molar-refractivity contribution in [1.82, 2.24) is 5.32 Å². The lowest BCUT2D eigenvalue weighted by atomic mass is 10.2. The van der Waals surface area contributed by atoms with Crippen molar-refractivity contribution in [3.05, 3.63) is 0 Å². The first-order chi connectivity index (χ1) is 3.89. The maximum atomic E-state index is 3.27. The third-order valence-electron chi connectivity index (χ3n) is 1.31. The lowest BCUT2D eigenvalue weighted by Gasteiger charge is -1.90. The Morgan fingerprint density at radius 2 is 2.00 bits per heavy atom. The molecule has 8 heavy (non-hydrogen) atoms. The van der Waals surface area contributed by atoms with Crippen molar-refractivity contribution >= 4 is 0 Å². The van der Waals surface area contributed by atoms with Gasteiger partial charge in [0.25, 0.3) is 0 Å². The molecule has 0 saturated carbocycles. The predicted octanol–water partition coefficient (Wildman–Crippen LogP) is 1.64. The predicted molar refractivity (Wildman–Crippen MR) is 38.0 cm³/mol. The fraction of sp³-hybridized carbons (Fsp3) is 1.00. The van der Waals surface area contributed by atoms with E-state index in [0.29, 0.717) is 0 Å². The van der Waals surface area contributed by atoms with E-state index >= 15 is 0 Å². The molecule has 1 atom stereocenters. The zero-order valence-corrected chi connectivity index (χ0v) is 6.20. The maximum Gasteiger partial charge on any atom is -0.00227 e. The normalized spacial score (nSPS) is 26.6. The summed E-state index contributed by atoms with van der Waals surface area (Å²) in [5, 5.41) is 3.27. The molecule has 0 bridgehead atoms. The second-order valence-corrected chi connectivity index (χ2v) is 2.10. The fourth-order valence-electron chi connectivity index (χ4n) is 0.799. The zero-order valence-electron chi connectivity index (χ0n) is 6.20. The molecule has 0 aromatic carbocycles. The Kier molecular flexibility index (Phi) is 5.08. The highest BCUT2D eigenvalue weighted by atomic mass is 14.9. The van der Waals surface area contributed by atoms with E-state index in [1.165, 1.54) is 19.5 Å². The minimum Gasteiger partial charge on any atom is -0.316 e. The van der Waals surface area contributed by atoms with E-state index in [0.717, 1.165) is 5.92 Å². The molecule has 1 nitrogen and oxygen atoms in total. The summed E-state index contributed by atoms with van der Waals surface area (Å²) in [6.45, 7) is 8.75. The van der Waals surface area contributed by atoms with Gasteiger partial charge in [-0.25, -0.2) is 0 Å². The SMILES string of the molecule is CC.CC1CCNC1. The quantitative estimate of drug-likeness (QED) is 0.506. The maximum absolute atomic E-state index is 3.27. The third kappa shape index (κ3) is 3.03. The summed E-state index contributed by atoms with van der Waals surface area (Å²) in [5.74, 6) is 0.935. The lowest BCUT2D eigenvalue weighted by Crippen LogP contribution is -2.06. The van der Waals surface area contributed by atoms with Gasteiger partial charge in [0.05, 0.1) is 0 Å². The van der Waals surface area contributed by atoms with Crippen LogP contribution in [0.5, 0.6) is 0 Å². The largest absolute Gasteiger partial charge is 0.316 e. The summed E-state index contributed by atoms with van der Waals surface area (Å²) in [7, 11) is 0. The van der Waals surface area contributed by atoms with Gasteiger partial charge >= 0.3 is 0 Å². The lowest BCUT2D eigenvalue weighted by molar-refractivity contribution is 0.651. The van der Waals surface area contributed by atoms with Gasteiger partial charge in [-0.2, -0.15) is 0 Å². The first-order valence-electron chi connectivity index (χ1n) is 3.60. The summed E-state index contributed by atoms with van der Waals surface area (Å²) in [6, 6.07) is 0. The zero-order chi connectivity index (χ0) is 6.41. The molecule has 1 saturated heterocycles. The van der Waals surface area contributed by atoms with Crippen LogP contribution in [0, 0.1) is 5.92 Å². The van der Waals surface area contributed by atoms with E-state index in [1.54, 1.807) is 0 Å². The van der Waals surface area contributed by atoms with Crippen LogP contribution in [-0.2, 0) is 0 Å². The van der Waals surface area contributed by atoms with Crippen LogP contribution < -0.4 is 5.32 Å². The summed E-state index contributed by atoms with van der Waals surface area (Å²) < 4.78 is 0. The van der Waals surface area contributed by atoms with Gasteiger partial charge in [0.1, 0.15) is 0 Å². The van der Waals surface area contributed by atoms with E-state index in [1.807, 2.05) is 13.8 Å². The van der Waals surface area contributed by atoms with Crippen LogP contribution in [0.1, 0.15) is 27.2 Å². The molecule has 0 aromatic heterocycles. The van der Waals surface area contributed by atoms with Crippen molar-refractivity contribution in [1.29, 1.82) is 0 Å². The van der Waals surface area contributed by atoms with E-state index < -0.39 is 0 Å². The van der Waals surface area contributed by atoms with Crippen molar-refractivity contribution in [2.45, 2.75) is 27.2 Å². The topological polar surface area (TPSA) is 12.0 Å². The standard InChI is InChI=1S/C5H11N.C2H6/c1-5-2-3-6-4-5;1-2/h5-6H,2-4H2,1H3;1-2H3. The van der Waals surface area contributed by atoms with Crippen LogP contribution in [0.2, 0.25) is 0 Å². The average molecular weight is 115 g/mol. The molecule has 1 unspecified atom stereocenters. The highest BCUT2D eigenvalue weighted by molar-refractivity contribution is 4.65. The van der Waals surface area contributed by atoms with E-state index in [4.69, 9.17) is 0 Å². The molecule has 0 aromatic rings. The van der Waals surface area contributed by atoms with Crippen molar-refractivity contribution < 1.29 is 0 Å². The van der Waals surface area contributed by atoms with Gasteiger partial charge in [-0.15, -0.1) is 0 Å². The summed E-state index contributed by atoms with van der Waals surface area (Å²) in [4.78, 5) is 0. The molecular weight excluding hydrogens is 98.1 g/mol. The van der Waals surface area contributed by atoms with Crippen LogP contribution in [-0.4, -0.2) is 13.1 Å². The third-order valence-corrected chi connectivity index (χ3v) is 1.31. The molecule has 0 radical (unpaired) electrons. The van der Waals surface area contributed by atoms with Crippen molar-refractivity contribution in [3.8, 4) is 0 Å². The molecular formula is C7H17N. The van der Waals surface area contributed by atoms with Gasteiger partial charge in [0, 0.05) is 0 Å². The average Bonchev–Trinajstić information content (AvgIpc) is 2.24. The summed E-state index contributed by atoms with van der Waals surface area (Å²) >= 11 is 0. The summed E-state index contributed by atoms with van der Waals surface area (Å²) in [5.41, 5.74) is 0. The molecule has 1 heteroatoms. The van der Waals surface area contributed by atoms with Gasteiger partial charge in [-0.3, -0.25) is 0 Å². The van der Waals surface area contributed by atoms with Crippen molar-refractivity contribution in [2.75, 3.05) is 13.1 Å². The smallest absolute Gasteiger partial charge is 0.00227 e. The molecule has 1 aliphatic rings. The van der Waals surface area contributed by atoms with Crippen molar-refractivity contribution in [2.24, 2.45) is 5.92 Å². The van der Waals surface area contributed by atoms with E-state index in [9.17, 15) is 0 Å². The Morgan fingerprint density at radius 1 is 1.38 bits per heavy atom. The monoisotopic (exact) mass is 115 g/mol. The fourth-order valence-corrected chi connectivity index (χ4v) is 0.799. The minimum absolute atomic E-state index is 0.935. The Balaban J connectivity index is 0.000000222. The molecule has 0 amide bonds. The van der Waals surface area contributed by atoms with Crippen LogP contribution in [0.3, 0.4) is 0 Å².